The number of rotatable bonds is 3. The summed E-state index contributed by atoms with van der Waals surface area (Å²) in [5.41, 5.74) is -0.118. The standard InChI is InChI=1S/C13H12N2O3S/c1-3-5-14-10-6-8-11(16)9(13(17)18)7-15(4-2)12(8)19-10/h1,7H,4-6H2,2H3,(H,17,18)/b14-10-. The van der Waals surface area contributed by atoms with Gasteiger partial charge in [0.05, 0.1) is 10.1 Å². The van der Waals surface area contributed by atoms with Gasteiger partial charge in [-0.3, -0.25) is 9.79 Å². The van der Waals surface area contributed by atoms with E-state index in [-0.39, 0.29) is 12.1 Å². The molecular formula is C13H12N2O3S. The number of hydrogen-bond donors (Lipinski definition) is 1. The number of pyridine rings is 1. The Labute approximate surface area is 114 Å². The molecule has 2 heterocycles. The molecule has 1 aromatic heterocycles. The number of hydrogen-bond acceptors (Lipinski definition) is 4. The second kappa shape index (κ2) is 5.33. The van der Waals surface area contributed by atoms with Crippen LogP contribution in [0.5, 0.6) is 0 Å². The molecule has 19 heavy (non-hydrogen) atoms. The molecule has 0 atom stereocenters. The van der Waals surface area contributed by atoms with E-state index < -0.39 is 11.4 Å². The molecule has 0 fully saturated rings. The number of carbonyl (C=O) groups is 1. The summed E-state index contributed by atoms with van der Waals surface area (Å²) >= 11 is 1.39. The number of aromatic carboxylic acids is 1. The smallest absolute Gasteiger partial charge is 0.341 e. The summed E-state index contributed by atoms with van der Waals surface area (Å²) in [6.45, 7) is 2.76. The van der Waals surface area contributed by atoms with E-state index in [0.29, 0.717) is 18.5 Å². The third kappa shape index (κ3) is 2.42. The lowest BCUT2D eigenvalue weighted by atomic mass is 10.1. The zero-order valence-electron chi connectivity index (χ0n) is 10.3. The molecule has 0 spiro atoms. The van der Waals surface area contributed by atoms with Crippen molar-refractivity contribution in [2.45, 2.75) is 24.9 Å². The number of fused-ring (bicyclic) bond motifs is 1. The number of aryl methyl sites for hydroxylation is 1. The van der Waals surface area contributed by atoms with E-state index in [4.69, 9.17) is 11.5 Å². The Balaban J connectivity index is 2.55. The zero-order chi connectivity index (χ0) is 14.0. The summed E-state index contributed by atoms with van der Waals surface area (Å²) in [6.07, 6.45) is 6.90. The highest BCUT2D eigenvalue weighted by molar-refractivity contribution is 8.14. The van der Waals surface area contributed by atoms with Gasteiger partial charge in [-0.05, 0) is 6.92 Å². The minimum Gasteiger partial charge on any atom is -0.477 e. The first kappa shape index (κ1) is 13.4. The fourth-order valence-corrected chi connectivity index (χ4v) is 3.05. The Kier molecular flexibility index (Phi) is 3.76. The second-order valence-corrected chi connectivity index (χ2v) is 5.00. The van der Waals surface area contributed by atoms with Crippen molar-refractivity contribution in [3.63, 3.8) is 0 Å². The lowest BCUT2D eigenvalue weighted by Crippen LogP contribution is -2.22. The lowest BCUT2D eigenvalue weighted by Gasteiger charge is -2.09. The van der Waals surface area contributed by atoms with Crippen LogP contribution in [0.15, 0.2) is 21.0 Å². The van der Waals surface area contributed by atoms with Crippen molar-refractivity contribution < 1.29 is 9.90 Å². The molecule has 0 amide bonds. The number of aliphatic imine (C=N–C) groups is 1. The molecule has 0 saturated heterocycles. The average molecular weight is 276 g/mol. The normalized spacial score (nSPS) is 15.3. The number of thioether (sulfide) groups is 1. The maximum atomic E-state index is 12.1. The number of nitrogens with zero attached hydrogens (tertiary/aromatic N) is 2. The molecule has 0 radical (unpaired) electrons. The predicted molar refractivity (Wildman–Crippen MR) is 74.0 cm³/mol. The summed E-state index contributed by atoms with van der Waals surface area (Å²) in [5, 5.41) is 10.6. The third-order valence-corrected chi connectivity index (χ3v) is 3.97. The van der Waals surface area contributed by atoms with E-state index in [1.165, 1.54) is 18.0 Å². The molecule has 2 rings (SSSR count). The van der Waals surface area contributed by atoms with Crippen molar-refractivity contribution in [3.8, 4) is 12.3 Å². The Bertz CT molecular complexity index is 668. The van der Waals surface area contributed by atoms with Crippen LogP contribution in [-0.2, 0) is 13.0 Å². The van der Waals surface area contributed by atoms with Gasteiger partial charge >= 0.3 is 5.97 Å². The van der Waals surface area contributed by atoms with Crippen LogP contribution < -0.4 is 5.43 Å². The van der Waals surface area contributed by atoms with E-state index in [9.17, 15) is 9.59 Å². The molecule has 0 aliphatic carbocycles. The molecule has 98 valence electrons. The Morgan fingerprint density at radius 2 is 2.42 bits per heavy atom. The summed E-state index contributed by atoms with van der Waals surface area (Å²) in [5.74, 6) is 1.21. The summed E-state index contributed by atoms with van der Waals surface area (Å²) in [7, 11) is 0. The highest BCUT2D eigenvalue weighted by Gasteiger charge is 2.26. The van der Waals surface area contributed by atoms with Gasteiger partial charge in [-0.15, -0.1) is 6.42 Å². The van der Waals surface area contributed by atoms with Crippen LogP contribution in [0.1, 0.15) is 22.8 Å². The molecule has 6 heteroatoms. The molecule has 0 bridgehead atoms. The molecule has 1 aliphatic rings. The quantitative estimate of drug-likeness (QED) is 0.843. The molecule has 1 aromatic rings. The first-order chi connectivity index (χ1) is 9.08. The SMILES string of the molecule is C#CC/N=C1/Cc2c(n(CC)cc(C(=O)O)c2=O)S1. The van der Waals surface area contributed by atoms with E-state index in [1.54, 1.807) is 4.57 Å². The summed E-state index contributed by atoms with van der Waals surface area (Å²) in [4.78, 5) is 27.3. The van der Waals surface area contributed by atoms with Crippen LogP contribution in [-0.4, -0.2) is 27.2 Å². The van der Waals surface area contributed by atoms with Crippen LogP contribution in [0.2, 0.25) is 0 Å². The van der Waals surface area contributed by atoms with Gasteiger partial charge in [-0.1, -0.05) is 17.7 Å². The fourth-order valence-electron chi connectivity index (χ4n) is 1.89. The van der Waals surface area contributed by atoms with E-state index >= 15 is 0 Å². The number of aromatic nitrogens is 1. The fraction of sp³-hybridized carbons (Fsp3) is 0.308. The van der Waals surface area contributed by atoms with Gasteiger partial charge in [0.2, 0.25) is 5.43 Å². The molecular weight excluding hydrogens is 264 g/mol. The maximum absolute atomic E-state index is 12.1. The molecule has 0 unspecified atom stereocenters. The first-order valence-corrected chi connectivity index (χ1v) is 6.54. The summed E-state index contributed by atoms with van der Waals surface area (Å²) in [6, 6.07) is 0. The predicted octanol–water partition coefficient (Wildman–Crippen LogP) is 1.25. The van der Waals surface area contributed by atoms with Gasteiger partial charge in [-0.25, -0.2) is 4.79 Å². The second-order valence-electron chi connectivity index (χ2n) is 3.94. The van der Waals surface area contributed by atoms with Gasteiger partial charge in [0, 0.05) is 24.7 Å². The lowest BCUT2D eigenvalue weighted by molar-refractivity contribution is 0.0694. The Hall–Kier alpha value is -2.00. The number of carboxylic acids is 1. The van der Waals surface area contributed by atoms with Crippen LogP contribution in [0.25, 0.3) is 0 Å². The first-order valence-electron chi connectivity index (χ1n) is 5.72. The molecule has 1 aliphatic heterocycles. The van der Waals surface area contributed by atoms with E-state index in [0.717, 1.165) is 10.1 Å². The Morgan fingerprint density at radius 3 is 3.00 bits per heavy atom. The number of terminal acetylenes is 1. The van der Waals surface area contributed by atoms with Crippen LogP contribution in [0, 0.1) is 12.3 Å². The maximum Gasteiger partial charge on any atom is 0.341 e. The van der Waals surface area contributed by atoms with E-state index in [2.05, 4.69) is 10.9 Å². The number of carboxylic acid groups (broad SMARTS) is 1. The van der Waals surface area contributed by atoms with Crippen LogP contribution in [0.3, 0.4) is 0 Å². The van der Waals surface area contributed by atoms with Gasteiger partial charge in [0.25, 0.3) is 0 Å². The van der Waals surface area contributed by atoms with Crippen molar-refractivity contribution in [1.82, 2.24) is 4.57 Å². The largest absolute Gasteiger partial charge is 0.477 e. The topological polar surface area (TPSA) is 71.7 Å². The van der Waals surface area contributed by atoms with Crippen molar-refractivity contribution in [1.29, 1.82) is 0 Å². The third-order valence-electron chi connectivity index (χ3n) is 2.78. The van der Waals surface area contributed by atoms with Crippen molar-refractivity contribution in [2.24, 2.45) is 4.99 Å². The molecule has 0 saturated carbocycles. The highest BCUT2D eigenvalue weighted by atomic mass is 32.2. The monoisotopic (exact) mass is 276 g/mol. The van der Waals surface area contributed by atoms with Gasteiger partial charge in [0.15, 0.2) is 0 Å². The van der Waals surface area contributed by atoms with Gasteiger partial charge in [0.1, 0.15) is 12.1 Å². The van der Waals surface area contributed by atoms with Crippen molar-refractivity contribution in [2.75, 3.05) is 6.54 Å². The average Bonchev–Trinajstić information content (AvgIpc) is 2.81. The summed E-state index contributed by atoms with van der Waals surface area (Å²) < 4.78 is 1.77. The van der Waals surface area contributed by atoms with Crippen LogP contribution >= 0.6 is 11.8 Å². The molecule has 0 aromatic carbocycles. The van der Waals surface area contributed by atoms with Crippen molar-refractivity contribution in [3.05, 3.63) is 27.5 Å². The van der Waals surface area contributed by atoms with Gasteiger partial charge < -0.3 is 9.67 Å². The minimum atomic E-state index is -1.20. The zero-order valence-corrected chi connectivity index (χ0v) is 11.2. The van der Waals surface area contributed by atoms with E-state index in [1.807, 2.05) is 6.92 Å². The highest BCUT2D eigenvalue weighted by Crippen LogP contribution is 2.31. The molecule has 5 nitrogen and oxygen atoms in total. The van der Waals surface area contributed by atoms with Gasteiger partial charge in [-0.2, -0.15) is 0 Å². The molecule has 1 N–H and O–H groups in total. The Morgan fingerprint density at radius 1 is 1.68 bits per heavy atom. The van der Waals surface area contributed by atoms with Crippen LogP contribution in [0.4, 0.5) is 0 Å². The van der Waals surface area contributed by atoms with Crippen molar-refractivity contribution >= 4 is 22.8 Å². The minimum absolute atomic E-state index is 0.195.